The first kappa shape index (κ1) is 9.94. The molecule has 0 radical (unpaired) electrons. The van der Waals surface area contributed by atoms with Crippen LogP contribution in [-0.2, 0) is 4.79 Å². The standard InChI is InChI=1S/C7H15N3O/c1-4(2)6(7(9)11)10-5(3)8/h4,6H,1-3H3,(H2,8,10)(H2,9,11). The number of primary amides is 1. The van der Waals surface area contributed by atoms with Crippen molar-refractivity contribution >= 4 is 11.7 Å². The minimum Gasteiger partial charge on any atom is -0.388 e. The number of amides is 1. The van der Waals surface area contributed by atoms with Crippen LogP contribution in [0.2, 0.25) is 0 Å². The predicted octanol–water partition coefficient (Wildman–Crippen LogP) is -0.127. The van der Waals surface area contributed by atoms with Gasteiger partial charge in [-0.05, 0) is 12.8 Å². The van der Waals surface area contributed by atoms with E-state index in [1.54, 1.807) is 6.92 Å². The Kier molecular flexibility index (Phi) is 3.57. The van der Waals surface area contributed by atoms with Crippen LogP contribution in [-0.4, -0.2) is 17.8 Å². The van der Waals surface area contributed by atoms with Crippen molar-refractivity contribution in [3.8, 4) is 0 Å². The molecular formula is C7H15N3O. The van der Waals surface area contributed by atoms with Crippen LogP contribution in [0.5, 0.6) is 0 Å². The molecule has 1 amide bonds. The average Bonchev–Trinajstić information content (AvgIpc) is 1.81. The molecule has 0 aromatic rings. The molecule has 1 unspecified atom stereocenters. The van der Waals surface area contributed by atoms with Crippen molar-refractivity contribution in [3.63, 3.8) is 0 Å². The van der Waals surface area contributed by atoms with Crippen LogP contribution in [0.15, 0.2) is 4.99 Å². The second-order valence-electron chi connectivity index (χ2n) is 2.86. The second-order valence-corrected chi connectivity index (χ2v) is 2.86. The molecule has 0 bridgehead atoms. The molecule has 0 aliphatic rings. The average molecular weight is 157 g/mol. The molecule has 64 valence electrons. The smallest absolute Gasteiger partial charge is 0.242 e. The largest absolute Gasteiger partial charge is 0.388 e. The molecule has 4 heteroatoms. The Morgan fingerprint density at radius 2 is 1.82 bits per heavy atom. The lowest BCUT2D eigenvalue weighted by Gasteiger charge is -2.12. The van der Waals surface area contributed by atoms with Crippen LogP contribution in [0.3, 0.4) is 0 Å². The molecule has 4 nitrogen and oxygen atoms in total. The van der Waals surface area contributed by atoms with Gasteiger partial charge in [-0.1, -0.05) is 13.8 Å². The highest BCUT2D eigenvalue weighted by molar-refractivity contribution is 5.85. The van der Waals surface area contributed by atoms with Gasteiger partial charge in [0.15, 0.2) is 0 Å². The highest BCUT2D eigenvalue weighted by Crippen LogP contribution is 2.04. The van der Waals surface area contributed by atoms with E-state index in [-0.39, 0.29) is 5.92 Å². The minimum atomic E-state index is -0.486. The van der Waals surface area contributed by atoms with E-state index in [0.29, 0.717) is 5.84 Å². The third-order valence-corrected chi connectivity index (χ3v) is 1.27. The summed E-state index contributed by atoms with van der Waals surface area (Å²) >= 11 is 0. The van der Waals surface area contributed by atoms with Gasteiger partial charge in [0.1, 0.15) is 6.04 Å². The molecule has 11 heavy (non-hydrogen) atoms. The maximum Gasteiger partial charge on any atom is 0.242 e. The van der Waals surface area contributed by atoms with Crippen molar-refractivity contribution in [2.24, 2.45) is 22.4 Å². The van der Waals surface area contributed by atoms with Crippen molar-refractivity contribution in [2.45, 2.75) is 26.8 Å². The quantitative estimate of drug-likeness (QED) is 0.442. The van der Waals surface area contributed by atoms with Gasteiger partial charge in [0, 0.05) is 0 Å². The topological polar surface area (TPSA) is 81.5 Å². The van der Waals surface area contributed by atoms with E-state index in [4.69, 9.17) is 11.5 Å². The zero-order valence-electron chi connectivity index (χ0n) is 7.16. The van der Waals surface area contributed by atoms with Crippen LogP contribution in [0, 0.1) is 5.92 Å². The molecule has 0 aliphatic heterocycles. The van der Waals surface area contributed by atoms with Gasteiger partial charge in [-0.25, -0.2) is 0 Å². The molecule has 0 aromatic carbocycles. The summed E-state index contributed by atoms with van der Waals surface area (Å²) in [5.74, 6) is 0.0679. The summed E-state index contributed by atoms with van der Waals surface area (Å²) in [5.41, 5.74) is 10.4. The maximum atomic E-state index is 10.7. The Balaban J connectivity index is 4.36. The van der Waals surface area contributed by atoms with Crippen LogP contribution in [0.4, 0.5) is 0 Å². The normalized spacial score (nSPS) is 15.1. The SMILES string of the molecule is CC(N)=NC(C(N)=O)C(C)C. The fourth-order valence-electron chi connectivity index (χ4n) is 0.761. The van der Waals surface area contributed by atoms with Crippen molar-refractivity contribution in [1.82, 2.24) is 0 Å². The van der Waals surface area contributed by atoms with Crippen LogP contribution in [0.1, 0.15) is 20.8 Å². The summed E-state index contributed by atoms with van der Waals surface area (Å²) in [4.78, 5) is 14.6. The van der Waals surface area contributed by atoms with Crippen molar-refractivity contribution in [1.29, 1.82) is 0 Å². The Morgan fingerprint density at radius 3 is 1.91 bits per heavy atom. The van der Waals surface area contributed by atoms with Crippen molar-refractivity contribution < 1.29 is 4.79 Å². The molecule has 0 fully saturated rings. The summed E-state index contributed by atoms with van der Waals surface area (Å²) in [7, 11) is 0. The number of hydrogen-bond acceptors (Lipinski definition) is 2. The van der Waals surface area contributed by atoms with Crippen molar-refractivity contribution in [3.05, 3.63) is 0 Å². The van der Waals surface area contributed by atoms with Gasteiger partial charge in [0.05, 0.1) is 5.84 Å². The Hall–Kier alpha value is -1.06. The van der Waals surface area contributed by atoms with Crippen LogP contribution < -0.4 is 11.5 Å². The van der Waals surface area contributed by atoms with Gasteiger partial charge in [-0.15, -0.1) is 0 Å². The third-order valence-electron chi connectivity index (χ3n) is 1.27. The first-order chi connectivity index (χ1) is 4.95. The van der Waals surface area contributed by atoms with E-state index < -0.39 is 11.9 Å². The van der Waals surface area contributed by atoms with E-state index in [2.05, 4.69) is 4.99 Å². The lowest BCUT2D eigenvalue weighted by atomic mass is 10.1. The molecule has 0 rings (SSSR count). The Morgan fingerprint density at radius 1 is 1.36 bits per heavy atom. The fraction of sp³-hybridized carbons (Fsp3) is 0.714. The molecule has 4 N–H and O–H groups in total. The third kappa shape index (κ3) is 3.60. The fourth-order valence-corrected chi connectivity index (χ4v) is 0.761. The number of rotatable bonds is 3. The van der Waals surface area contributed by atoms with Gasteiger partial charge < -0.3 is 11.5 Å². The van der Waals surface area contributed by atoms with Crippen molar-refractivity contribution in [2.75, 3.05) is 0 Å². The lowest BCUT2D eigenvalue weighted by molar-refractivity contribution is -0.120. The minimum absolute atomic E-state index is 0.103. The van der Waals surface area contributed by atoms with E-state index in [1.165, 1.54) is 0 Å². The summed E-state index contributed by atoms with van der Waals surface area (Å²) in [5, 5.41) is 0. The van der Waals surface area contributed by atoms with E-state index in [1.807, 2.05) is 13.8 Å². The van der Waals surface area contributed by atoms with Crippen LogP contribution in [0.25, 0.3) is 0 Å². The number of aliphatic imine (C=N–C) groups is 1. The first-order valence-corrected chi connectivity index (χ1v) is 3.54. The predicted molar refractivity (Wildman–Crippen MR) is 45.1 cm³/mol. The molecule has 0 heterocycles. The highest BCUT2D eigenvalue weighted by atomic mass is 16.1. The summed E-state index contributed by atoms with van der Waals surface area (Å²) in [6.07, 6.45) is 0. The van der Waals surface area contributed by atoms with Crippen LogP contribution >= 0.6 is 0 Å². The zero-order chi connectivity index (χ0) is 9.02. The number of hydrogen-bond donors (Lipinski definition) is 2. The Labute approximate surface area is 66.7 Å². The number of nitrogens with zero attached hydrogens (tertiary/aromatic N) is 1. The lowest BCUT2D eigenvalue weighted by Crippen LogP contribution is -2.33. The summed E-state index contributed by atoms with van der Waals surface area (Å²) < 4.78 is 0. The monoisotopic (exact) mass is 157 g/mol. The molecular weight excluding hydrogens is 142 g/mol. The van der Waals surface area contributed by atoms with E-state index in [0.717, 1.165) is 0 Å². The molecule has 0 spiro atoms. The van der Waals surface area contributed by atoms with E-state index >= 15 is 0 Å². The second kappa shape index (κ2) is 3.95. The molecule has 0 saturated carbocycles. The number of nitrogens with two attached hydrogens (primary N) is 2. The number of carbonyl (C=O) groups is 1. The Bertz CT molecular complexity index is 171. The van der Waals surface area contributed by atoms with Gasteiger partial charge in [-0.3, -0.25) is 9.79 Å². The molecule has 0 aliphatic carbocycles. The zero-order valence-corrected chi connectivity index (χ0v) is 7.16. The number of carbonyl (C=O) groups excluding carboxylic acids is 1. The summed E-state index contributed by atoms with van der Waals surface area (Å²) in [6, 6.07) is -0.486. The summed E-state index contributed by atoms with van der Waals surface area (Å²) in [6.45, 7) is 5.39. The molecule has 0 aromatic heterocycles. The van der Waals surface area contributed by atoms with Gasteiger partial charge in [0.2, 0.25) is 5.91 Å². The van der Waals surface area contributed by atoms with Gasteiger partial charge >= 0.3 is 0 Å². The molecule has 0 saturated heterocycles. The van der Waals surface area contributed by atoms with Gasteiger partial charge in [-0.2, -0.15) is 0 Å². The van der Waals surface area contributed by atoms with Gasteiger partial charge in [0.25, 0.3) is 0 Å². The first-order valence-electron chi connectivity index (χ1n) is 3.54. The molecule has 1 atom stereocenters. The highest BCUT2D eigenvalue weighted by Gasteiger charge is 2.17. The number of amidine groups is 1. The van der Waals surface area contributed by atoms with E-state index in [9.17, 15) is 4.79 Å². The maximum absolute atomic E-state index is 10.7.